The summed E-state index contributed by atoms with van der Waals surface area (Å²) in [6.07, 6.45) is 4.34. The van der Waals surface area contributed by atoms with Crippen LogP contribution in [0.2, 0.25) is 0 Å². The quantitative estimate of drug-likeness (QED) is 0.256. The van der Waals surface area contributed by atoms with Gasteiger partial charge in [0.15, 0.2) is 0 Å². The van der Waals surface area contributed by atoms with E-state index in [1.54, 1.807) is 18.7 Å². The van der Waals surface area contributed by atoms with Crippen LogP contribution in [0.4, 0.5) is 4.79 Å². The largest absolute Gasteiger partial charge is 0.480 e. The zero-order valence-corrected chi connectivity index (χ0v) is 25.2. The van der Waals surface area contributed by atoms with Crippen LogP contribution >= 0.6 is 0 Å². The van der Waals surface area contributed by atoms with Crippen LogP contribution in [0.3, 0.4) is 0 Å². The summed E-state index contributed by atoms with van der Waals surface area (Å²) in [7, 11) is 0. The van der Waals surface area contributed by atoms with Crippen LogP contribution in [0.1, 0.15) is 84.4 Å². The Morgan fingerprint density at radius 2 is 1.69 bits per heavy atom. The SMILES string of the molecule is CCCC[C@@H](NC(=O)[C@@H](Cc1c(C#N)[nH]c2ccccc12)NC(=O)[C@@H](NC(=O)N1C(C)CCCC1C)C(C)C)C(=O)O. The van der Waals surface area contributed by atoms with Gasteiger partial charge < -0.3 is 30.9 Å². The number of carbonyl (C=O) groups excluding carboxylic acids is 3. The normalized spacial score (nSPS) is 19.0. The number of hydrogen-bond acceptors (Lipinski definition) is 5. The minimum Gasteiger partial charge on any atom is -0.480 e. The maximum absolute atomic E-state index is 13.7. The van der Waals surface area contributed by atoms with E-state index in [2.05, 4.69) is 27.0 Å². The Morgan fingerprint density at radius 1 is 1.05 bits per heavy atom. The van der Waals surface area contributed by atoms with E-state index in [-0.39, 0.29) is 42.6 Å². The predicted molar refractivity (Wildman–Crippen MR) is 160 cm³/mol. The number of carboxylic acids is 1. The Hall–Kier alpha value is -4.07. The van der Waals surface area contributed by atoms with Crippen LogP contribution in [-0.4, -0.2) is 69.0 Å². The molecule has 3 rings (SSSR count). The Labute approximate surface area is 247 Å². The van der Waals surface area contributed by atoms with E-state index in [1.807, 2.05) is 45.0 Å². The van der Waals surface area contributed by atoms with E-state index in [4.69, 9.17) is 0 Å². The molecule has 2 heterocycles. The molecule has 0 spiro atoms. The van der Waals surface area contributed by atoms with Gasteiger partial charge in [0.05, 0.1) is 0 Å². The second-order valence-corrected chi connectivity index (χ2v) is 11.7. The summed E-state index contributed by atoms with van der Waals surface area (Å²) >= 11 is 0. The maximum Gasteiger partial charge on any atom is 0.326 e. The number of rotatable bonds is 12. The van der Waals surface area contributed by atoms with Gasteiger partial charge in [-0.1, -0.05) is 51.8 Å². The molecule has 0 radical (unpaired) electrons. The monoisotopic (exact) mass is 580 g/mol. The molecule has 1 aliphatic rings. The second-order valence-electron chi connectivity index (χ2n) is 11.7. The highest BCUT2D eigenvalue weighted by molar-refractivity contribution is 5.94. The van der Waals surface area contributed by atoms with Crippen molar-refractivity contribution in [1.82, 2.24) is 25.8 Å². The van der Waals surface area contributed by atoms with E-state index < -0.39 is 35.9 Å². The number of unbranched alkanes of at least 4 members (excludes halogenated alkanes) is 1. The lowest BCUT2D eigenvalue weighted by molar-refractivity contribution is -0.142. The van der Waals surface area contributed by atoms with Crippen molar-refractivity contribution in [2.75, 3.05) is 0 Å². The molecular weight excluding hydrogens is 536 g/mol. The Bertz CT molecular complexity index is 1300. The number of likely N-dealkylation sites (tertiary alicyclic amines) is 1. The fourth-order valence-corrected chi connectivity index (χ4v) is 5.68. The Kier molecular flexibility index (Phi) is 11.4. The number of aliphatic carboxylic acids is 1. The van der Waals surface area contributed by atoms with E-state index >= 15 is 0 Å². The molecule has 42 heavy (non-hydrogen) atoms. The number of carboxylic acid groups (broad SMARTS) is 1. The lowest BCUT2D eigenvalue weighted by atomic mass is 9.97. The van der Waals surface area contributed by atoms with Crippen molar-refractivity contribution in [1.29, 1.82) is 5.26 Å². The highest BCUT2D eigenvalue weighted by Crippen LogP contribution is 2.25. The molecule has 1 fully saturated rings. The van der Waals surface area contributed by atoms with Crippen LogP contribution < -0.4 is 16.0 Å². The molecule has 11 nitrogen and oxygen atoms in total. The first-order valence-electron chi connectivity index (χ1n) is 14.9. The molecule has 11 heteroatoms. The number of nitrogens with zero attached hydrogens (tertiary/aromatic N) is 2. The minimum atomic E-state index is -1.20. The molecule has 1 aromatic heterocycles. The van der Waals surface area contributed by atoms with Gasteiger partial charge in [-0.05, 0) is 57.1 Å². The summed E-state index contributed by atoms with van der Waals surface area (Å²) in [4.78, 5) is 57.3. The Balaban J connectivity index is 1.90. The standard InChI is InChI=1S/C31H44N6O5/c1-6-7-14-24(30(40)41)34-28(38)25(16-22-21-13-8-9-15-23(21)33-26(22)17-32)35-29(39)27(18(2)3)36-31(42)37-19(4)11-10-12-20(37)5/h8-9,13,15,18-20,24-25,27,33H,6-7,10-12,14,16H2,1-5H3,(H,34,38)(H,35,39)(H,36,42)(H,40,41)/t19?,20?,24-,25-,27+/m1/s1. The number of benzene rings is 1. The molecule has 0 bridgehead atoms. The zero-order chi connectivity index (χ0) is 31.0. The molecule has 0 aliphatic carbocycles. The first kappa shape index (κ1) is 32.4. The number of amides is 4. The van der Waals surface area contributed by atoms with Crippen molar-refractivity contribution in [3.05, 3.63) is 35.5 Å². The van der Waals surface area contributed by atoms with Crippen molar-refractivity contribution in [3.8, 4) is 6.07 Å². The third kappa shape index (κ3) is 7.81. The topological polar surface area (TPSA) is 167 Å². The first-order valence-corrected chi connectivity index (χ1v) is 14.9. The fraction of sp³-hybridized carbons (Fsp3) is 0.581. The molecule has 4 amide bonds. The number of aromatic nitrogens is 1. The van der Waals surface area contributed by atoms with Gasteiger partial charge in [-0.2, -0.15) is 5.26 Å². The van der Waals surface area contributed by atoms with Gasteiger partial charge >= 0.3 is 12.0 Å². The predicted octanol–water partition coefficient (Wildman–Crippen LogP) is 3.82. The van der Waals surface area contributed by atoms with E-state index in [0.717, 1.165) is 31.1 Å². The molecular formula is C31H44N6O5. The van der Waals surface area contributed by atoms with Gasteiger partial charge in [-0.25, -0.2) is 9.59 Å². The summed E-state index contributed by atoms with van der Waals surface area (Å²) in [6, 6.07) is 5.85. The smallest absolute Gasteiger partial charge is 0.326 e. The number of para-hydroxylation sites is 1. The number of fused-ring (bicyclic) bond motifs is 1. The molecule has 1 saturated heterocycles. The fourth-order valence-electron chi connectivity index (χ4n) is 5.68. The highest BCUT2D eigenvalue weighted by atomic mass is 16.4. The summed E-state index contributed by atoms with van der Waals surface area (Å²) < 4.78 is 0. The average molecular weight is 581 g/mol. The Morgan fingerprint density at radius 3 is 2.29 bits per heavy atom. The molecule has 228 valence electrons. The van der Waals surface area contributed by atoms with Crippen molar-refractivity contribution in [3.63, 3.8) is 0 Å². The number of aromatic amines is 1. The average Bonchev–Trinajstić information content (AvgIpc) is 3.30. The van der Waals surface area contributed by atoms with Gasteiger partial charge in [-0.3, -0.25) is 9.59 Å². The molecule has 5 N–H and O–H groups in total. The third-order valence-corrected chi connectivity index (χ3v) is 8.08. The molecule has 5 atom stereocenters. The summed E-state index contributed by atoms with van der Waals surface area (Å²) in [6.45, 7) is 9.52. The van der Waals surface area contributed by atoms with Crippen LogP contribution in [-0.2, 0) is 20.8 Å². The summed E-state index contributed by atoms with van der Waals surface area (Å²) in [5.41, 5.74) is 1.50. The zero-order valence-electron chi connectivity index (χ0n) is 25.2. The van der Waals surface area contributed by atoms with Gasteiger partial charge in [0.25, 0.3) is 0 Å². The van der Waals surface area contributed by atoms with Crippen LogP contribution in [0, 0.1) is 17.2 Å². The molecule has 2 aromatic rings. The van der Waals surface area contributed by atoms with Crippen LogP contribution in [0.5, 0.6) is 0 Å². The number of urea groups is 1. The first-order chi connectivity index (χ1) is 20.0. The summed E-state index contributed by atoms with van der Waals surface area (Å²) in [5, 5.41) is 28.5. The second kappa shape index (κ2) is 14.7. The highest BCUT2D eigenvalue weighted by Gasteiger charge is 2.35. The summed E-state index contributed by atoms with van der Waals surface area (Å²) in [5.74, 6) is -2.70. The lowest BCUT2D eigenvalue weighted by Gasteiger charge is -2.40. The van der Waals surface area contributed by atoms with Crippen molar-refractivity contribution in [2.45, 2.75) is 110 Å². The number of piperidine rings is 1. The van der Waals surface area contributed by atoms with Crippen molar-refractivity contribution in [2.24, 2.45) is 5.92 Å². The number of nitriles is 1. The van der Waals surface area contributed by atoms with Crippen LogP contribution in [0.15, 0.2) is 24.3 Å². The maximum atomic E-state index is 13.7. The molecule has 0 saturated carbocycles. The van der Waals surface area contributed by atoms with E-state index in [9.17, 15) is 29.5 Å². The molecule has 1 aliphatic heterocycles. The molecule has 2 unspecified atom stereocenters. The van der Waals surface area contributed by atoms with E-state index in [0.29, 0.717) is 17.5 Å². The number of carbonyl (C=O) groups is 4. The van der Waals surface area contributed by atoms with E-state index in [1.165, 1.54) is 0 Å². The van der Waals surface area contributed by atoms with Crippen molar-refractivity contribution >= 4 is 34.7 Å². The number of H-pyrrole nitrogens is 1. The van der Waals surface area contributed by atoms with Crippen LogP contribution in [0.25, 0.3) is 10.9 Å². The molecule has 1 aromatic carbocycles. The number of nitrogens with one attached hydrogen (secondary N) is 4. The third-order valence-electron chi connectivity index (χ3n) is 8.08. The number of hydrogen-bond donors (Lipinski definition) is 5. The van der Waals surface area contributed by atoms with Gasteiger partial charge in [-0.15, -0.1) is 0 Å². The van der Waals surface area contributed by atoms with Crippen molar-refractivity contribution < 1.29 is 24.3 Å². The van der Waals surface area contributed by atoms with Gasteiger partial charge in [0.1, 0.15) is 29.9 Å². The lowest BCUT2D eigenvalue weighted by Crippen LogP contribution is -2.60. The van der Waals surface area contributed by atoms with Gasteiger partial charge in [0, 0.05) is 29.4 Å². The minimum absolute atomic E-state index is 0.0329. The van der Waals surface area contributed by atoms with Gasteiger partial charge in [0.2, 0.25) is 11.8 Å².